The highest BCUT2D eigenvalue weighted by Gasteiger charge is 2.52. The molecule has 2 amide bonds. The first-order valence-electron chi connectivity index (χ1n) is 5.95. The van der Waals surface area contributed by atoms with Crippen molar-refractivity contribution in [3.8, 4) is 0 Å². The van der Waals surface area contributed by atoms with Crippen molar-refractivity contribution in [3.05, 3.63) is 0 Å². The van der Waals surface area contributed by atoms with Crippen molar-refractivity contribution in [2.75, 3.05) is 6.54 Å². The van der Waals surface area contributed by atoms with E-state index in [2.05, 4.69) is 5.32 Å². The minimum atomic E-state index is -4.53. The Hall–Kier alpha value is -1.27. The molecule has 1 aliphatic heterocycles. The summed E-state index contributed by atoms with van der Waals surface area (Å²) in [6, 6.07) is -1.13. The number of nitrogens with one attached hydrogen (secondary N) is 1. The first kappa shape index (κ1) is 15.8. The van der Waals surface area contributed by atoms with Gasteiger partial charge in [0.05, 0.1) is 0 Å². The number of rotatable bonds is 1. The summed E-state index contributed by atoms with van der Waals surface area (Å²) in [5.41, 5.74) is -2.09. The maximum absolute atomic E-state index is 12.6. The van der Waals surface area contributed by atoms with Crippen molar-refractivity contribution in [1.29, 1.82) is 0 Å². The SMILES string of the molecule is CC1(C)NC(=O)C(C(C)(C)C)N(CC(F)(F)F)C1=O. The van der Waals surface area contributed by atoms with Crippen LogP contribution in [-0.2, 0) is 9.59 Å². The van der Waals surface area contributed by atoms with E-state index in [9.17, 15) is 22.8 Å². The average Bonchev–Trinajstić information content (AvgIpc) is 2.07. The number of hydrogen-bond acceptors (Lipinski definition) is 2. The summed E-state index contributed by atoms with van der Waals surface area (Å²) in [5, 5.41) is 2.48. The van der Waals surface area contributed by atoms with Gasteiger partial charge in [-0.05, 0) is 19.3 Å². The number of amides is 2. The van der Waals surface area contributed by atoms with E-state index < -0.39 is 41.5 Å². The monoisotopic (exact) mass is 280 g/mol. The zero-order valence-electron chi connectivity index (χ0n) is 11.7. The van der Waals surface area contributed by atoms with Crippen LogP contribution in [0.1, 0.15) is 34.6 Å². The van der Waals surface area contributed by atoms with Crippen molar-refractivity contribution >= 4 is 11.8 Å². The molecule has 1 N–H and O–H groups in total. The molecule has 0 radical (unpaired) electrons. The fourth-order valence-electron chi connectivity index (χ4n) is 2.26. The van der Waals surface area contributed by atoms with Crippen LogP contribution in [0.3, 0.4) is 0 Å². The molecule has 4 nitrogen and oxygen atoms in total. The molecule has 1 rings (SSSR count). The van der Waals surface area contributed by atoms with Crippen LogP contribution in [-0.4, -0.2) is 41.0 Å². The topological polar surface area (TPSA) is 49.4 Å². The highest BCUT2D eigenvalue weighted by Crippen LogP contribution is 2.32. The molecule has 7 heteroatoms. The molecule has 1 heterocycles. The summed E-state index contributed by atoms with van der Waals surface area (Å²) < 4.78 is 37.9. The van der Waals surface area contributed by atoms with E-state index in [1.165, 1.54) is 13.8 Å². The van der Waals surface area contributed by atoms with E-state index in [1.54, 1.807) is 20.8 Å². The molecule has 0 spiro atoms. The Balaban J connectivity index is 3.20. The van der Waals surface area contributed by atoms with Gasteiger partial charge in [-0.2, -0.15) is 13.2 Å². The zero-order chi connectivity index (χ0) is 15.2. The highest BCUT2D eigenvalue weighted by atomic mass is 19.4. The maximum Gasteiger partial charge on any atom is 0.406 e. The van der Waals surface area contributed by atoms with Crippen LogP contribution in [0.4, 0.5) is 13.2 Å². The number of nitrogens with zero attached hydrogens (tertiary/aromatic N) is 1. The molecule has 19 heavy (non-hydrogen) atoms. The second-order valence-electron chi connectivity index (χ2n) is 6.43. The Kier molecular flexibility index (Phi) is 3.64. The van der Waals surface area contributed by atoms with Crippen LogP contribution in [0.5, 0.6) is 0 Å². The summed E-state index contributed by atoms with van der Waals surface area (Å²) in [5.74, 6) is -1.27. The van der Waals surface area contributed by atoms with Crippen LogP contribution >= 0.6 is 0 Å². The minimum absolute atomic E-state index is 0.554. The van der Waals surface area contributed by atoms with Gasteiger partial charge in [0.1, 0.15) is 18.1 Å². The lowest BCUT2D eigenvalue weighted by atomic mass is 9.81. The van der Waals surface area contributed by atoms with E-state index in [0.717, 1.165) is 0 Å². The second-order valence-corrected chi connectivity index (χ2v) is 6.43. The Morgan fingerprint density at radius 1 is 1.21 bits per heavy atom. The molecular formula is C12H19F3N2O2. The lowest BCUT2D eigenvalue weighted by Crippen LogP contribution is -2.71. The predicted molar refractivity (Wildman–Crippen MR) is 63.2 cm³/mol. The number of hydrogen-bond donors (Lipinski definition) is 1. The maximum atomic E-state index is 12.6. The first-order chi connectivity index (χ1) is 8.26. The van der Waals surface area contributed by atoms with Crippen molar-refractivity contribution in [3.63, 3.8) is 0 Å². The van der Waals surface area contributed by atoms with Crippen LogP contribution < -0.4 is 5.32 Å². The van der Waals surface area contributed by atoms with Gasteiger partial charge < -0.3 is 10.2 Å². The van der Waals surface area contributed by atoms with Gasteiger partial charge in [-0.1, -0.05) is 20.8 Å². The van der Waals surface area contributed by atoms with E-state index >= 15 is 0 Å². The van der Waals surface area contributed by atoms with Gasteiger partial charge in [-0.15, -0.1) is 0 Å². The molecule has 1 fully saturated rings. The number of alkyl halides is 3. The van der Waals surface area contributed by atoms with Gasteiger partial charge >= 0.3 is 6.18 Å². The largest absolute Gasteiger partial charge is 0.406 e. The molecule has 1 aliphatic rings. The number of carbonyl (C=O) groups is 2. The summed E-state index contributed by atoms with van der Waals surface area (Å²) in [4.78, 5) is 24.8. The third-order valence-corrected chi connectivity index (χ3v) is 2.96. The highest BCUT2D eigenvalue weighted by molar-refractivity contribution is 5.99. The molecular weight excluding hydrogens is 261 g/mol. The van der Waals surface area contributed by atoms with Crippen molar-refractivity contribution in [1.82, 2.24) is 10.2 Å². The lowest BCUT2D eigenvalue weighted by molar-refractivity contribution is -0.182. The Morgan fingerprint density at radius 2 is 1.68 bits per heavy atom. The average molecular weight is 280 g/mol. The van der Waals surface area contributed by atoms with E-state index in [4.69, 9.17) is 0 Å². The van der Waals surface area contributed by atoms with Gasteiger partial charge in [0, 0.05) is 0 Å². The molecule has 0 aromatic rings. The van der Waals surface area contributed by atoms with Gasteiger partial charge in [0.15, 0.2) is 0 Å². The van der Waals surface area contributed by atoms with Crippen LogP contribution in [0.15, 0.2) is 0 Å². The van der Waals surface area contributed by atoms with Crippen molar-refractivity contribution in [2.24, 2.45) is 5.41 Å². The van der Waals surface area contributed by atoms with E-state index in [1.807, 2.05) is 0 Å². The smallest absolute Gasteiger partial charge is 0.340 e. The van der Waals surface area contributed by atoms with Crippen LogP contribution in [0.2, 0.25) is 0 Å². The minimum Gasteiger partial charge on any atom is -0.340 e. The Labute approximate surface area is 110 Å². The molecule has 1 saturated heterocycles. The van der Waals surface area contributed by atoms with Crippen molar-refractivity contribution in [2.45, 2.75) is 52.4 Å². The van der Waals surface area contributed by atoms with Crippen LogP contribution in [0, 0.1) is 5.41 Å². The Morgan fingerprint density at radius 3 is 2.05 bits per heavy atom. The summed E-state index contributed by atoms with van der Waals surface area (Å²) in [7, 11) is 0. The molecule has 0 aromatic heterocycles. The number of carbonyl (C=O) groups excluding carboxylic acids is 2. The third kappa shape index (κ3) is 3.39. The van der Waals surface area contributed by atoms with Crippen LogP contribution in [0.25, 0.3) is 0 Å². The fourth-order valence-corrected chi connectivity index (χ4v) is 2.26. The van der Waals surface area contributed by atoms with E-state index in [-0.39, 0.29) is 0 Å². The zero-order valence-corrected chi connectivity index (χ0v) is 11.7. The second kappa shape index (κ2) is 4.38. The lowest BCUT2D eigenvalue weighted by Gasteiger charge is -2.47. The predicted octanol–water partition coefficient (Wildman–Crippen LogP) is 1.70. The van der Waals surface area contributed by atoms with E-state index in [0.29, 0.717) is 4.90 Å². The molecule has 0 aromatic carbocycles. The summed E-state index contributed by atoms with van der Waals surface area (Å²) in [6.45, 7) is 6.28. The molecule has 1 atom stereocenters. The van der Waals surface area contributed by atoms with Gasteiger partial charge in [0.2, 0.25) is 11.8 Å². The molecule has 1 unspecified atom stereocenters. The molecule has 0 aliphatic carbocycles. The normalized spacial score (nSPS) is 24.4. The standard InChI is InChI=1S/C12H19F3N2O2/c1-10(2,3)7-8(18)16-11(4,5)9(19)17(7)6-12(13,14)15/h7H,6H2,1-5H3,(H,16,18). The summed E-state index contributed by atoms with van der Waals surface area (Å²) >= 11 is 0. The fraction of sp³-hybridized carbons (Fsp3) is 0.833. The van der Waals surface area contributed by atoms with Crippen molar-refractivity contribution < 1.29 is 22.8 Å². The van der Waals surface area contributed by atoms with Gasteiger partial charge in [0.25, 0.3) is 0 Å². The Bertz CT molecular complexity index is 397. The first-order valence-corrected chi connectivity index (χ1v) is 5.95. The quantitative estimate of drug-likeness (QED) is 0.795. The molecule has 0 saturated carbocycles. The third-order valence-electron chi connectivity index (χ3n) is 2.96. The molecule has 110 valence electrons. The van der Waals surface area contributed by atoms with Gasteiger partial charge in [-0.3, -0.25) is 9.59 Å². The number of halogens is 3. The molecule has 0 bridgehead atoms. The summed E-state index contributed by atoms with van der Waals surface area (Å²) in [6.07, 6.45) is -4.53. The van der Waals surface area contributed by atoms with Gasteiger partial charge in [-0.25, -0.2) is 0 Å². The number of piperazine rings is 1.